The van der Waals surface area contributed by atoms with Crippen molar-refractivity contribution in [1.82, 2.24) is 5.32 Å². The molecule has 3 nitrogen and oxygen atoms in total. The summed E-state index contributed by atoms with van der Waals surface area (Å²) in [5.41, 5.74) is 1.32. The van der Waals surface area contributed by atoms with Crippen LogP contribution in [0.3, 0.4) is 0 Å². The first-order valence-corrected chi connectivity index (χ1v) is 7.41. The minimum Gasteiger partial charge on any atom is -0.481 e. The maximum atomic E-state index is 12.0. The predicted octanol–water partition coefficient (Wildman–Crippen LogP) is 3.72. The minimum absolute atomic E-state index is 0.0913. The zero-order valence-electron chi connectivity index (χ0n) is 11.7. The third-order valence-electron chi connectivity index (χ3n) is 3.37. The Kier molecular flexibility index (Phi) is 5.48. The van der Waals surface area contributed by atoms with Gasteiger partial charge in [0.25, 0.3) is 5.91 Å². The number of hydrogen-bond acceptors (Lipinski definition) is 2. The third-order valence-corrected chi connectivity index (χ3v) is 3.62. The van der Waals surface area contributed by atoms with Crippen molar-refractivity contribution in [3.05, 3.63) is 40.9 Å². The summed E-state index contributed by atoms with van der Waals surface area (Å²) in [6.45, 7) is 2.38. The van der Waals surface area contributed by atoms with E-state index < -0.39 is 6.10 Å². The van der Waals surface area contributed by atoms with E-state index in [2.05, 4.69) is 11.4 Å². The predicted molar refractivity (Wildman–Crippen MR) is 81.1 cm³/mol. The quantitative estimate of drug-likeness (QED) is 0.840. The zero-order valence-corrected chi connectivity index (χ0v) is 12.5. The van der Waals surface area contributed by atoms with Crippen molar-refractivity contribution in [2.75, 3.05) is 6.54 Å². The molecule has 0 spiro atoms. The molecule has 1 aromatic carbocycles. The van der Waals surface area contributed by atoms with Crippen LogP contribution in [-0.4, -0.2) is 18.6 Å². The summed E-state index contributed by atoms with van der Waals surface area (Å²) in [5.74, 6) is 0.556. The molecule has 1 aromatic rings. The highest BCUT2D eigenvalue weighted by atomic mass is 35.5. The molecule has 1 atom stereocenters. The second-order valence-corrected chi connectivity index (χ2v) is 5.48. The summed E-state index contributed by atoms with van der Waals surface area (Å²) in [6, 6.07) is 7.01. The number of benzene rings is 1. The van der Waals surface area contributed by atoms with Gasteiger partial charge < -0.3 is 10.1 Å². The molecule has 0 aliphatic heterocycles. The molecule has 1 aliphatic carbocycles. The van der Waals surface area contributed by atoms with Crippen LogP contribution in [0.5, 0.6) is 5.75 Å². The monoisotopic (exact) mass is 293 g/mol. The summed E-state index contributed by atoms with van der Waals surface area (Å²) in [4.78, 5) is 12.0. The van der Waals surface area contributed by atoms with Gasteiger partial charge in [-0.05, 0) is 56.9 Å². The number of hydrogen-bond donors (Lipinski definition) is 1. The van der Waals surface area contributed by atoms with Crippen molar-refractivity contribution in [3.8, 4) is 5.75 Å². The number of carbonyl (C=O) groups is 1. The highest BCUT2D eigenvalue weighted by Crippen LogP contribution is 2.18. The molecule has 4 heteroatoms. The normalized spacial score (nSPS) is 16.2. The van der Waals surface area contributed by atoms with Gasteiger partial charge in [0.15, 0.2) is 6.10 Å². The Bertz CT molecular complexity index is 482. The average Bonchev–Trinajstić information content (AvgIpc) is 2.48. The Labute approximate surface area is 125 Å². The lowest BCUT2D eigenvalue weighted by molar-refractivity contribution is -0.127. The van der Waals surface area contributed by atoms with Crippen molar-refractivity contribution < 1.29 is 9.53 Å². The van der Waals surface area contributed by atoms with Crippen molar-refractivity contribution in [3.63, 3.8) is 0 Å². The molecule has 0 radical (unpaired) electrons. The maximum Gasteiger partial charge on any atom is 0.261 e. The largest absolute Gasteiger partial charge is 0.481 e. The van der Waals surface area contributed by atoms with E-state index in [1.54, 1.807) is 31.2 Å². The molecule has 20 heavy (non-hydrogen) atoms. The van der Waals surface area contributed by atoms with Crippen molar-refractivity contribution in [2.45, 2.75) is 38.7 Å². The Morgan fingerprint density at radius 1 is 1.35 bits per heavy atom. The maximum absolute atomic E-state index is 12.0. The van der Waals surface area contributed by atoms with Gasteiger partial charge in [0.05, 0.1) is 0 Å². The first-order chi connectivity index (χ1) is 9.65. The van der Waals surface area contributed by atoms with Gasteiger partial charge in [-0.2, -0.15) is 0 Å². The molecule has 0 unspecified atom stereocenters. The van der Waals surface area contributed by atoms with Gasteiger partial charge in [0.1, 0.15) is 5.75 Å². The van der Waals surface area contributed by atoms with E-state index in [0.717, 1.165) is 12.8 Å². The standard InChI is InChI=1S/C16H20ClNO2/c1-12(20-15-9-7-14(17)8-10-15)16(19)18-11-13-5-3-2-4-6-13/h5,7-10,12H,2-4,6,11H2,1H3,(H,18,19)/t12-/m1/s1. The molecular weight excluding hydrogens is 274 g/mol. The number of halogens is 1. The molecule has 0 heterocycles. The molecular formula is C16H20ClNO2. The smallest absolute Gasteiger partial charge is 0.261 e. The van der Waals surface area contributed by atoms with Gasteiger partial charge in [-0.1, -0.05) is 23.3 Å². The van der Waals surface area contributed by atoms with Crippen LogP contribution in [0.4, 0.5) is 0 Å². The molecule has 0 bridgehead atoms. The van der Waals surface area contributed by atoms with Crippen molar-refractivity contribution in [1.29, 1.82) is 0 Å². The van der Waals surface area contributed by atoms with Crippen LogP contribution >= 0.6 is 11.6 Å². The Morgan fingerprint density at radius 2 is 2.10 bits per heavy atom. The molecule has 0 saturated heterocycles. The van der Waals surface area contributed by atoms with Gasteiger partial charge in [-0.3, -0.25) is 4.79 Å². The second kappa shape index (κ2) is 7.34. The number of ether oxygens (including phenoxy) is 1. The molecule has 0 saturated carbocycles. The highest BCUT2D eigenvalue weighted by Gasteiger charge is 2.15. The fourth-order valence-corrected chi connectivity index (χ4v) is 2.31. The van der Waals surface area contributed by atoms with Crippen LogP contribution in [0.1, 0.15) is 32.6 Å². The van der Waals surface area contributed by atoms with E-state index in [9.17, 15) is 4.79 Å². The third kappa shape index (κ3) is 4.57. The first-order valence-electron chi connectivity index (χ1n) is 7.03. The van der Waals surface area contributed by atoms with Gasteiger partial charge in [0, 0.05) is 11.6 Å². The lowest BCUT2D eigenvalue weighted by atomic mass is 10.00. The Morgan fingerprint density at radius 3 is 2.75 bits per heavy atom. The number of amides is 1. The van der Waals surface area contributed by atoms with E-state index >= 15 is 0 Å². The molecule has 2 rings (SSSR count). The van der Waals surface area contributed by atoms with Crippen LogP contribution in [-0.2, 0) is 4.79 Å². The fraction of sp³-hybridized carbons (Fsp3) is 0.438. The number of rotatable bonds is 5. The van der Waals surface area contributed by atoms with Crippen molar-refractivity contribution >= 4 is 17.5 Å². The molecule has 1 N–H and O–H groups in total. The summed E-state index contributed by atoms with van der Waals surface area (Å²) in [6.07, 6.45) is 6.41. The number of carbonyl (C=O) groups excluding carboxylic acids is 1. The van der Waals surface area contributed by atoms with Crippen LogP contribution in [0.2, 0.25) is 5.02 Å². The van der Waals surface area contributed by atoms with Gasteiger partial charge >= 0.3 is 0 Å². The number of allylic oxidation sites excluding steroid dienone is 1. The van der Waals surface area contributed by atoms with Gasteiger partial charge in [-0.25, -0.2) is 0 Å². The molecule has 0 aromatic heterocycles. The van der Waals surface area contributed by atoms with Crippen LogP contribution < -0.4 is 10.1 Å². The summed E-state index contributed by atoms with van der Waals surface area (Å²) < 4.78 is 5.58. The lowest BCUT2D eigenvalue weighted by Gasteiger charge is -2.17. The van der Waals surface area contributed by atoms with Gasteiger partial charge in [-0.15, -0.1) is 0 Å². The summed E-state index contributed by atoms with van der Waals surface area (Å²) in [7, 11) is 0. The van der Waals surface area contributed by atoms with Crippen LogP contribution in [0.15, 0.2) is 35.9 Å². The molecule has 1 amide bonds. The Hall–Kier alpha value is -1.48. The summed E-state index contributed by atoms with van der Waals surface area (Å²) in [5, 5.41) is 3.58. The molecule has 108 valence electrons. The minimum atomic E-state index is -0.514. The average molecular weight is 294 g/mol. The first kappa shape index (κ1) is 14.9. The number of nitrogens with one attached hydrogen (secondary N) is 1. The van der Waals surface area contributed by atoms with Crippen LogP contribution in [0.25, 0.3) is 0 Å². The molecule has 1 aliphatic rings. The second-order valence-electron chi connectivity index (χ2n) is 5.04. The van der Waals surface area contributed by atoms with E-state index in [0.29, 0.717) is 17.3 Å². The van der Waals surface area contributed by atoms with E-state index in [1.165, 1.54) is 18.4 Å². The summed E-state index contributed by atoms with van der Waals surface area (Å²) >= 11 is 5.81. The Balaban J connectivity index is 1.79. The zero-order chi connectivity index (χ0) is 14.4. The highest BCUT2D eigenvalue weighted by molar-refractivity contribution is 6.30. The SMILES string of the molecule is C[C@@H](Oc1ccc(Cl)cc1)C(=O)NCC1=CCCCC1. The molecule has 0 fully saturated rings. The lowest BCUT2D eigenvalue weighted by Crippen LogP contribution is -2.37. The van der Waals surface area contributed by atoms with Crippen LogP contribution in [0, 0.1) is 0 Å². The van der Waals surface area contributed by atoms with E-state index in [1.807, 2.05) is 0 Å². The van der Waals surface area contributed by atoms with E-state index in [4.69, 9.17) is 16.3 Å². The topological polar surface area (TPSA) is 38.3 Å². The fourth-order valence-electron chi connectivity index (χ4n) is 2.18. The van der Waals surface area contributed by atoms with E-state index in [-0.39, 0.29) is 5.91 Å². The van der Waals surface area contributed by atoms with Crippen molar-refractivity contribution in [2.24, 2.45) is 0 Å². The van der Waals surface area contributed by atoms with Gasteiger partial charge in [0.2, 0.25) is 0 Å².